The fourth-order valence-corrected chi connectivity index (χ4v) is 4.05. The minimum absolute atomic E-state index is 0.574. The second-order valence-corrected chi connectivity index (χ2v) is 8.98. The minimum atomic E-state index is 0.574. The summed E-state index contributed by atoms with van der Waals surface area (Å²) < 4.78 is 0. The van der Waals surface area contributed by atoms with Crippen molar-refractivity contribution in [2.45, 2.75) is 71.6 Å². The number of nitrogens with zero attached hydrogens (tertiary/aromatic N) is 1. The van der Waals surface area contributed by atoms with E-state index in [1.54, 1.807) is 0 Å². The predicted molar refractivity (Wildman–Crippen MR) is 124 cm³/mol. The summed E-state index contributed by atoms with van der Waals surface area (Å²) >= 11 is 0. The number of unbranched alkanes of at least 4 members (excludes halogenated alkanes) is 3. The molecule has 2 aromatic rings. The number of rotatable bonds is 13. The molecule has 2 rings (SSSR count). The van der Waals surface area contributed by atoms with Crippen molar-refractivity contribution in [3.8, 4) is 0 Å². The minimum Gasteiger partial charge on any atom is -0.302 e. The normalized spacial score (nSPS) is 13.8. The summed E-state index contributed by atoms with van der Waals surface area (Å²) in [6, 6.07) is 22.0. The predicted octanol–water partition coefficient (Wildman–Crippen LogP) is 7.50. The SMILES string of the molecule is CC(C)CCCCCCN(CC(C)c1ccccc1)CC(C)c1ccccc1. The molecule has 2 unspecified atom stereocenters. The van der Waals surface area contributed by atoms with Crippen LogP contribution in [-0.2, 0) is 0 Å². The lowest BCUT2D eigenvalue weighted by Gasteiger charge is -2.29. The van der Waals surface area contributed by atoms with Crippen molar-refractivity contribution in [3.63, 3.8) is 0 Å². The first-order valence-electron chi connectivity index (χ1n) is 11.4. The summed E-state index contributed by atoms with van der Waals surface area (Å²) in [4.78, 5) is 2.71. The van der Waals surface area contributed by atoms with Gasteiger partial charge in [-0.05, 0) is 41.8 Å². The summed E-state index contributed by atoms with van der Waals surface area (Å²) in [6.45, 7) is 12.9. The van der Waals surface area contributed by atoms with Gasteiger partial charge in [-0.1, -0.05) is 114 Å². The van der Waals surface area contributed by atoms with Crippen LogP contribution in [0.4, 0.5) is 0 Å². The number of hydrogen-bond acceptors (Lipinski definition) is 1. The Morgan fingerprint density at radius 2 is 1.07 bits per heavy atom. The third-order valence-corrected chi connectivity index (χ3v) is 5.81. The van der Waals surface area contributed by atoms with Gasteiger partial charge in [0.1, 0.15) is 0 Å². The highest BCUT2D eigenvalue weighted by Crippen LogP contribution is 2.21. The van der Waals surface area contributed by atoms with Crippen LogP contribution in [-0.4, -0.2) is 24.5 Å². The average Bonchev–Trinajstić information content (AvgIpc) is 2.71. The standard InChI is InChI=1S/C27H41N/c1-23(2)15-9-5-6-14-20-28(21-24(3)26-16-10-7-11-17-26)22-25(4)27-18-12-8-13-19-27/h7-8,10-13,16-19,23-25H,5-6,9,14-15,20-22H2,1-4H3. The lowest BCUT2D eigenvalue weighted by atomic mass is 9.97. The molecular formula is C27H41N. The Bertz CT molecular complexity index is 572. The maximum absolute atomic E-state index is 2.71. The summed E-state index contributed by atoms with van der Waals surface area (Å²) in [5, 5.41) is 0. The molecule has 28 heavy (non-hydrogen) atoms. The van der Waals surface area contributed by atoms with E-state index in [0.717, 1.165) is 19.0 Å². The maximum Gasteiger partial charge on any atom is 0.00478 e. The van der Waals surface area contributed by atoms with E-state index >= 15 is 0 Å². The van der Waals surface area contributed by atoms with Crippen LogP contribution in [0.2, 0.25) is 0 Å². The quantitative estimate of drug-likeness (QED) is 0.326. The summed E-state index contributed by atoms with van der Waals surface area (Å²) in [5.74, 6) is 1.99. The van der Waals surface area contributed by atoms with Gasteiger partial charge in [-0.25, -0.2) is 0 Å². The lowest BCUT2D eigenvalue weighted by Crippen LogP contribution is -2.32. The van der Waals surface area contributed by atoms with Crippen molar-refractivity contribution in [3.05, 3.63) is 71.8 Å². The van der Waals surface area contributed by atoms with Crippen molar-refractivity contribution in [2.75, 3.05) is 19.6 Å². The van der Waals surface area contributed by atoms with Crippen molar-refractivity contribution in [2.24, 2.45) is 5.92 Å². The van der Waals surface area contributed by atoms with E-state index in [2.05, 4.69) is 93.3 Å². The highest BCUT2D eigenvalue weighted by atomic mass is 15.1. The monoisotopic (exact) mass is 379 g/mol. The molecule has 0 bridgehead atoms. The van der Waals surface area contributed by atoms with E-state index in [9.17, 15) is 0 Å². The molecule has 0 amide bonds. The van der Waals surface area contributed by atoms with Gasteiger partial charge in [0.25, 0.3) is 0 Å². The number of benzene rings is 2. The van der Waals surface area contributed by atoms with Crippen molar-refractivity contribution < 1.29 is 0 Å². The molecule has 0 aliphatic rings. The Balaban J connectivity index is 1.89. The first-order valence-corrected chi connectivity index (χ1v) is 11.4. The largest absolute Gasteiger partial charge is 0.302 e. The smallest absolute Gasteiger partial charge is 0.00478 e. The van der Waals surface area contributed by atoms with E-state index in [-0.39, 0.29) is 0 Å². The molecule has 0 heterocycles. The van der Waals surface area contributed by atoms with Crippen LogP contribution in [0.5, 0.6) is 0 Å². The second kappa shape index (κ2) is 12.8. The van der Waals surface area contributed by atoms with Crippen molar-refractivity contribution in [1.29, 1.82) is 0 Å². The van der Waals surface area contributed by atoms with Gasteiger partial charge in [0.2, 0.25) is 0 Å². The van der Waals surface area contributed by atoms with E-state index < -0.39 is 0 Å². The molecule has 0 saturated heterocycles. The van der Waals surface area contributed by atoms with Gasteiger partial charge >= 0.3 is 0 Å². The van der Waals surface area contributed by atoms with Gasteiger partial charge in [-0.3, -0.25) is 0 Å². The summed E-state index contributed by atoms with van der Waals surface area (Å²) in [7, 11) is 0. The zero-order chi connectivity index (χ0) is 20.2. The van der Waals surface area contributed by atoms with Crippen LogP contribution >= 0.6 is 0 Å². The third-order valence-electron chi connectivity index (χ3n) is 5.81. The first-order chi connectivity index (χ1) is 13.6. The molecule has 0 N–H and O–H groups in total. The van der Waals surface area contributed by atoms with Crippen LogP contribution in [0.3, 0.4) is 0 Å². The Morgan fingerprint density at radius 1 is 0.607 bits per heavy atom. The van der Waals surface area contributed by atoms with Gasteiger partial charge in [-0.2, -0.15) is 0 Å². The molecule has 1 nitrogen and oxygen atoms in total. The second-order valence-electron chi connectivity index (χ2n) is 8.98. The topological polar surface area (TPSA) is 3.24 Å². The molecule has 0 radical (unpaired) electrons. The van der Waals surface area contributed by atoms with Gasteiger partial charge in [-0.15, -0.1) is 0 Å². The lowest BCUT2D eigenvalue weighted by molar-refractivity contribution is 0.242. The molecule has 0 aliphatic carbocycles. The Kier molecular flexibility index (Phi) is 10.4. The third kappa shape index (κ3) is 8.61. The zero-order valence-electron chi connectivity index (χ0n) is 18.6. The Morgan fingerprint density at radius 3 is 1.54 bits per heavy atom. The van der Waals surface area contributed by atoms with Gasteiger partial charge in [0, 0.05) is 13.1 Å². The first kappa shape index (κ1) is 22.7. The molecule has 2 aromatic carbocycles. The van der Waals surface area contributed by atoms with Crippen LogP contribution in [0.15, 0.2) is 60.7 Å². The molecule has 0 spiro atoms. The zero-order valence-corrected chi connectivity index (χ0v) is 18.6. The number of hydrogen-bond donors (Lipinski definition) is 0. The molecule has 154 valence electrons. The van der Waals surface area contributed by atoms with E-state index in [1.807, 2.05) is 0 Å². The molecule has 0 aromatic heterocycles. The maximum atomic E-state index is 2.71. The molecule has 1 heteroatoms. The van der Waals surface area contributed by atoms with Crippen molar-refractivity contribution >= 4 is 0 Å². The van der Waals surface area contributed by atoms with Gasteiger partial charge < -0.3 is 4.90 Å². The van der Waals surface area contributed by atoms with E-state index in [0.29, 0.717) is 11.8 Å². The van der Waals surface area contributed by atoms with Crippen LogP contribution < -0.4 is 0 Å². The highest BCUT2D eigenvalue weighted by molar-refractivity contribution is 5.20. The summed E-state index contributed by atoms with van der Waals surface area (Å²) in [5.41, 5.74) is 2.91. The highest BCUT2D eigenvalue weighted by Gasteiger charge is 2.15. The van der Waals surface area contributed by atoms with Crippen LogP contribution in [0.1, 0.15) is 82.8 Å². The molecule has 0 fully saturated rings. The molecular weight excluding hydrogens is 338 g/mol. The molecule has 0 aliphatic heterocycles. The Labute approximate surface area is 174 Å². The fourth-order valence-electron chi connectivity index (χ4n) is 4.05. The van der Waals surface area contributed by atoms with Gasteiger partial charge in [0.15, 0.2) is 0 Å². The van der Waals surface area contributed by atoms with E-state index in [1.165, 1.54) is 49.8 Å². The van der Waals surface area contributed by atoms with Crippen molar-refractivity contribution in [1.82, 2.24) is 4.90 Å². The average molecular weight is 380 g/mol. The molecule has 0 saturated carbocycles. The van der Waals surface area contributed by atoms with Crippen LogP contribution in [0, 0.1) is 5.92 Å². The van der Waals surface area contributed by atoms with Gasteiger partial charge in [0.05, 0.1) is 0 Å². The van der Waals surface area contributed by atoms with E-state index in [4.69, 9.17) is 0 Å². The van der Waals surface area contributed by atoms with Crippen LogP contribution in [0.25, 0.3) is 0 Å². The summed E-state index contributed by atoms with van der Waals surface area (Å²) in [6.07, 6.45) is 6.83. The fraction of sp³-hybridized carbons (Fsp3) is 0.556. The molecule has 2 atom stereocenters. The Hall–Kier alpha value is -1.60.